The van der Waals surface area contributed by atoms with Crippen molar-refractivity contribution in [3.8, 4) is 11.4 Å². The van der Waals surface area contributed by atoms with E-state index in [9.17, 15) is 9.59 Å². The Labute approximate surface area is 211 Å². The number of rotatable bonds is 10. The highest BCUT2D eigenvalue weighted by Crippen LogP contribution is 2.27. The second kappa shape index (κ2) is 11.9. The average Bonchev–Trinajstić information content (AvgIpc) is 3.21. The second-order valence-electron chi connectivity index (χ2n) is 8.38. The fourth-order valence-corrected chi connectivity index (χ4v) is 4.64. The molecule has 2 amide bonds. The monoisotopic (exact) mass is 494 g/mol. The van der Waals surface area contributed by atoms with Gasteiger partial charge in [0.1, 0.15) is 0 Å². The number of hydrogen-bond acceptors (Lipinski definition) is 6. The molecule has 2 N–H and O–H groups in total. The molecule has 9 heteroatoms. The van der Waals surface area contributed by atoms with E-state index in [0.29, 0.717) is 5.16 Å². The number of carbonyl (C=O) groups is 2. The molecule has 0 aliphatic heterocycles. The van der Waals surface area contributed by atoms with E-state index in [2.05, 4.69) is 51.7 Å². The lowest BCUT2D eigenvalue weighted by atomic mass is 10.1. The number of thioether (sulfide) groups is 1. The van der Waals surface area contributed by atoms with E-state index in [-0.39, 0.29) is 18.4 Å². The molecule has 0 fully saturated rings. The molecule has 1 aromatic heterocycles. The van der Waals surface area contributed by atoms with Crippen LogP contribution in [0.5, 0.6) is 0 Å². The fourth-order valence-electron chi connectivity index (χ4n) is 3.80. The third-order valence-electron chi connectivity index (χ3n) is 5.91. The predicted molar refractivity (Wildman–Crippen MR) is 143 cm³/mol. The van der Waals surface area contributed by atoms with Crippen LogP contribution in [0, 0.1) is 13.8 Å². The average molecular weight is 495 g/mol. The minimum absolute atomic E-state index is 0.0968. The fraction of sp³-hybridized carbons (Fsp3) is 0.385. The van der Waals surface area contributed by atoms with Crippen LogP contribution in [0.2, 0.25) is 0 Å². The van der Waals surface area contributed by atoms with E-state index in [1.807, 2.05) is 55.8 Å². The first-order valence-corrected chi connectivity index (χ1v) is 12.7. The normalized spacial score (nSPS) is 11.7. The largest absolute Gasteiger partial charge is 0.372 e. The maximum atomic E-state index is 12.6. The van der Waals surface area contributed by atoms with Gasteiger partial charge in [0.15, 0.2) is 11.0 Å². The van der Waals surface area contributed by atoms with Crippen LogP contribution in [-0.2, 0) is 16.6 Å². The number of benzene rings is 2. The molecule has 3 rings (SSSR count). The molecule has 0 saturated carbocycles. The van der Waals surface area contributed by atoms with Gasteiger partial charge in [-0.2, -0.15) is 0 Å². The number of aromatic nitrogens is 3. The van der Waals surface area contributed by atoms with Gasteiger partial charge in [-0.3, -0.25) is 9.59 Å². The number of amides is 2. The first kappa shape index (κ1) is 26.3. The van der Waals surface area contributed by atoms with Gasteiger partial charge in [0.2, 0.25) is 11.8 Å². The van der Waals surface area contributed by atoms with Gasteiger partial charge in [-0.05, 0) is 70.0 Å². The van der Waals surface area contributed by atoms with Crippen molar-refractivity contribution in [1.82, 2.24) is 20.1 Å². The molecule has 35 heavy (non-hydrogen) atoms. The summed E-state index contributed by atoms with van der Waals surface area (Å²) in [7, 11) is 1.89. The zero-order chi connectivity index (χ0) is 25.5. The van der Waals surface area contributed by atoms with Crippen LogP contribution in [0.3, 0.4) is 0 Å². The van der Waals surface area contributed by atoms with E-state index in [0.717, 1.165) is 41.3 Å². The first-order valence-electron chi connectivity index (χ1n) is 11.8. The third-order valence-corrected chi connectivity index (χ3v) is 7.04. The summed E-state index contributed by atoms with van der Waals surface area (Å²) in [6.45, 7) is 11.7. The Balaban J connectivity index is 1.57. The lowest BCUT2D eigenvalue weighted by molar-refractivity contribution is -0.123. The highest BCUT2D eigenvalue weighted by atomic mass is 32.2. The number of nitrogens with one attached hydrogen (secondary N) is 2. The molecule has 1 atom stereocenters. The summed E-state index contributed by atoms with van der Waals surface area (Å²) in [5.41, 5.74) is 4.88. The van der Waals surface area contributed by atoms with Gasteiger partial charge in [-0.1, -0.05) is 30.0 Å². The zero-order valence-electron chi connectivity index (χ0n) is 21.3. The summed E-state index contributed by atoms with van der Waals surface area (Å²) in [6.07, 6.45) is 0. The van der Waals surface area contributed by atoms with Crippen molar-refractivity contribution >= 4 is 35.0 Å². The predicted octanol–water partition coefficient (Wildman–Crippen LogP) is 4.18. The Morgan fingerprint density at radius 3 is 2.26 bits per heavy atom. The number of para-hydroxylation sites is 1. The summed E-state index contributed by atoms with van der Waals surface area (Å²) in [5, 5.41) is 14.4. The van der Waals surface area contributed by atoms with Gasteiger partial charge < -0.3 is 20.1 Å². The molecule has 8 nitrogen and oxygen atoms in total. The van der Waals surface area contributed by atoms with Crippen LogP contribution in [0.15, 0.2) is 47.6 Å². The SMILES string of the molecule is CCN(CC)c1ccc(-c2nnc(SC(C)C(=O)NCC(=O)Nc3c(C)cccc3C)n2C)cc1. The summed E-state index contributed by atoms with van der Waals surface area (Å²) < 4.78 is 1.88. The van der Waals surface area contributed by atoms with Crippen LogP contribution in [-0.4, -0.2) is 51.5 Å². The van der Waals surface area contributed by atoms with Crippen LogP contribution < -0.4 is 15.5 Å². The Hall–Kier alpha value is -3.33. The standard InChI is InChI=1S/C26H34N6O2S/c1-7-32(8-2)21-14-12-20(13-15-21)24-29-30-26(31(24)6)35-19(5)25(34)27-16-22(33)28-23-17(3)10-9-11-18(23)4/h9-15,19H,7-8,16H2,1-6H3,(H,27,34)(H,28,33). The summed E-state index contributed by atoms with van der Waals surface area (Å²) in [5.74, 6) is 0.237. The van der Waals surface area contributed by atoms with Crippen LogP contribution in [0.1, 0.15) is 31.9 Å². The summed E-state index contributed by atoms with van der Waals surface area (Å²) >= 11 is 1.31. The number of anilines is 2. The van der Waals surface area contributed by atoms with Crippen molar-refractivity contribution in [3.05, 3.63) is 53.6 Å². The highest BCUT2D eigenvalue weighted by molar-refractivity contribution is 8.00. The molecule has 0 aliphatic rings. The van der Waals surface area contributed by atoms with Crippen molar-refractivity contribution in [1.29, 1.82) is 0 Å². The van der Waals surface area contributed by atoms with Crippen molar-refractivity contribution in [3.63, 3.8) is 0 Å². The molecule has 0 aliphatic carbocycles. The molecular weight excluding hydrogens is 460 g/mol. The molecule has 1 unspecified atom stereocenters. The molecule has 3 aromatic rings. The van der Waals surface area contributed by atoms with E-state index >= 15 is 0 Å². The minimum Gasteiger partial charge on any atom is -0.372 e. The van der Waals surface area contributed by atoms with Gasteiger partial charge in [0, 0.05) is 37.1 Å². The highest BCUT2D eigenvalue weighted by Gasteiger charge is 2.20. The quantitative estimate of drug-likeness (QED) is 0.411. The molecule has 1 heterocycles. The number of carbonyl (C=O) groups excluding carboxylic acids is 2. The van der Waals surface area contributed by atoms with Crippen molar-refractivity contribution < 1.29 is 9.59 Å². The summed E-state index contributed by atoms with van der Waals surface area (Å²) in [6, 6.07) is 14.1. The maximum Gasteiger partial charge on any atom is 0.243 e. The Morgan fingerprint density at radius 2 is 1.66 bits per heavy atom. The molecule has 0 spiro atoms. The number of hydrogen-bond donors (Lipinski definition) is 2. The van der Waals surface area contributed by atoms with Gasteiger partial charge >= 0.3 is 0 Å². The van der Waals surface area contributed by atoms with E-state index < -0.39 is 5.25 Å². The Kier molecular flexibility index (Phi) is 8.92. The Morgan fingerprint density at radius 1 is 1.03 bits per heavy atom. The van der Waals surface area contributed by atoms with Crippen molar-refractivity contribution in [2.45, 2.75) is 45.0 Å². The lowest BCUT2D eigenvalue weighted by Crippen LogP contribution is -2.37. The third kappa shape index (κ3) is 6.42. The van der Waals surface area contributed by atoms with Crippen molar-refractivity contribution in [2.75, 3.05) is 29.9 Å². The molecule has 0 saturated heterocycles. The molecule has 186 valence electrons. The molecular formula is C26H34N6O2S. The Bertz CT molecular complexity index is 1150. The number of aryl methyl sites for hydroxylation is 2. The zero-order valence-corrected chi connectivity index (χ0v) is 22.1. The molecule has 0 radical (unpaired) electrons. The van der Waals surface area contributed by atoms with Gasteiger partial charge in [-0.25, -0.2) is 0 Å². The smallest absolute Gasteiger partial charge is 0.243 e. The minimum atomic E-state index is -0.441. The van der Waals surface area contributed by atoms with Gasteiger partial charge in [0.05, 0.1) is 11.8 Å². The van der Waals surface area contributed by atoms with E-state index in [1.54, 1.807) is 6.92 Å². The van der Waals surface area contributed by atoms with Crippen LogP contribution >= 0.6 is 11.8 Å². The maximum absolute atomic E-state index is 12.6. The van der Waals surface area contributed by atoms with Crippen LogP contribution in [0.4, 0.5) is 11.4 Å². The topological polar surface area (TPSA) is 92.2 Å². The van der Waals surface area contributed by atoms with E-state index in [4.69, 9.17) is 0 Å². The summed E-state index contributed by atoms with van der Waals surface area (Å²) in [4.78, 5) is 27.3. The molecule has 0 bridgehead atoms. The second-order valence-corrected chi connectivity index (χ2v) is 9.69. The van der Waals surface area contributed by atoms with Crippen molar-refractivity contribution in [2.24, 2.45) is 7.05 Å². The first-order chi connectivity index (χ1) is 16.7. The van der Waals surface area contributed by atoms with Gasteiger partial charge in [0.25, 0.3) is 0 Å². The van der Waals surface area contributed by atoms with E-state index in [1.165, 1.54) is 17.4 Å². The molecule has 2 aromatic carbocycles. The van der Waals surface area contributed by atoms with Gasteiger partial charge in [-0.15, -0.1) is 10.2 Å². The lowest BCUT2D eigenvalue weighted by Gasteiger charge is -2.21. The van der Waals surface area contributed by atoms with Crippen LogP contribution in [0.25, 0.3) is 11.4 Å². The number of nitrogens with zero attached hydrogens (tertiary/aromatic N) is 4.